The summed E-state index contributed by atoms with van der Waals surface area (Å²) in [7, 11) is 0. The Morgan fingerprint density at radius 1 is 0.933 bits per heavy atom. The highest BCUT2D eigenvalue weighted by atomic mass is 31.2. The van der Waals surface area contributed by atoms with E-state index in [4.69, 9.17) is 5.26 Å². The molecule has 0 aliphatic heterocycles. The second kappa shape index (κ2) is 9.05. The van der Waals surface area contributed by atoms with Crippen LogP contribution in [0.5, 0.6) is 0 Å². The fraction of sp³-hybridized carbons (Fsp3) is 0.846. The lowest BCUT2D eigenvalue weighted by molar-refractivity contribution is 0.861. The van der Waals surface area contributed by atoms with Crippen LogP contribution in [0.25, 0.3) is 0 Å². The van der Waals surface area contributed by atoms with Gasteiger partial charge in [-0.1, -0.05) is 46.9 Å². The first kappa shape index (κ1) is 14.8. The molecular weight excluding hydrogens is 201 g/mol. The molecule has 1 nitrogen and oxygen atoms in total. The Kier molecular flexibility index (Phi) is 8.92. The Morgan fingerprint density at radius 3 is 1.80 bits per heavy atom. The first-order valence-electron chi connectivity index (χ1n) is 6.34. The number of hydrogen-bond donors (Lipinski definition) is 0. The van der Waals surface area contributed by atoms with Gasteiger partial charge < -0.3 is 0 Å². The van der Waals surface area contributed by atoms with E-state index in [9.17, 15) is 0 Å². The molecule has 0 aromatic heterocycles. The van der Waals surface area contributed by atoms with E-state index in [-0.39, 0.29) is 0 Å². The van der Waals surface area contributed by atoms with Crippen molar-refractivity contribution in [1.29, 1.82) is 5.26 Å². The van der Waals surface area contributed by atoms with Crippen LogP contribution in [0.15, 0.2) is 0 Å². The van der Waals surface area contributed by atoms with E-state index in [1.54, 1.807) is 0 Å². The normalized spacial score (nSPS) is 11.1. The van der Waals surface area contributed by atoms with Gasteiger partial charge in [0.2, 0.25) is 0 Å². The predicted octanol–water partition coefficient (Wildman–Crippen LogP) is 4.34. The molecule has 0 radical (unpaired) electrons. The smallest absolute Gasteiger partial charge is 0.0913 e. The molecule has 0 saturated carbocycles. The van der Waals surface area contributed by atoms with Gasteiger partial charge in [0, 0.05) is 5.80 Å². The van der Waals surface area contributed by atoms with Gasteiger partial charge in [-0.05, 0) is 31.3 Å². The van der Waals surface area contributed by atoms with Gasteiger partial charge in [0.1, 0.15) is 0 Å². The third-order valence-corrected chi connectivity index (χ3v) is 7.33. The molecule has 0 amide bonds. The van der Waals surface area contributed by atoms with Crippen molar-refractivity contribution >= 4 is 12.7 Å². The zero-order valence-electron chi connectivity index (χ0n) is 10.6. The minimum absolute atomic E-state index is 1.02. The highest BCUT2D eigenvalue weighted by molar-refractivity contribution is 7.75. The Hall–Kier alpha value is -0.210. The zero-order chi connectivity index (χ0) is 11.6. The average Bonchev–Trinajstić information content (AvgIpc) is 2.24. The van der Waals surface area contributed by atoms with Crippen molar-refractivity contribution in [3.8, 4) is 6.07 Å². The molecule has 0 heterocycles. The minimum Gasteiger partial charge on any atom is -0.193 e. The van der Waals surface area contributed by atoms with Crippen LogP contribution >= 0.6 is 6.89 Å². The molecule has 0 saturated heterocycles. The van der Waals surface area contributed by atoms with E-state index >= 15 is 0 Å². The molecule has 0 unspecified atom stereocenters. The summed E-state index contributed by atoms with van der Waals surface area (Å²) >= 11 is 0. The van der Waals surface area contributed by atoms with Crippen molar-refractivity contribution in [3.05, 3.63) is 0 Å². The van der Waals surface area contributed by atoms with E-state index in [0.717, 1.165) is 0 Å². The van der Waals surface area contributed by atoms with Crippen LogP contribution in [0.1, 0.15) is 52.9 Å². The fourth-order valence-electron chi connectivity index (χ4n) is 2.04. The van der Waals surface area contributed by atoms with Gasteiger partial charge in [0.25, 0.3) is 0 Å². The number of nitriles is 1. The van der Waals surface area contributed by atoms with Gasteiger partial charge in [-0.2, -0.15) is 5.26 Å². The summed E-state index contributed by atoms with van der Waals surface area (Å²) in [6.07, 6.45) is 10.3. The van der Waals surface area contributed by atoms with E-state index in [2.05, 4.69) is 26.8 Å². The van der Waals surface area contributed by atoms with E-state index < -0.39 is 6.89 Å². The molecule has 0 aliphatic rings. The maximum atomic E-state index is 8.95. The second-order valence-corrected chi connectivity index (χ2v) is 8.39. The van der Waals surface area contributed by atoms with Crippen LogP contribution in [0.3, 0.4) is 0 Å². The van der Waals surface area contributed by atoms with Gasteiger partial charge in [-0.3, -0.25) is 0 Å². The molecule has 0 rings (SSSR count). The van der Waals surface area contributed by atoms with Gasteiger partial charge >= 0.3 is 0 Å². The molecular formula is C13H26NP. The molecule has 88 valence electrons. The van der Waals surface area contributed by atoms with E-state index in [1.165, 1.54) is 50.6 Å². The van der Waals surface area contributed by atoms with Crippen molar-refractivity contribution in [3.63, 3.8) is 0 Å². The van der Waals surface area contributed by atoms with Crippen LogP contribution in [0.2, 0.25) is 0 Å². The first-order chi connectivity index (χ1) is 7.24. The Morgan fingerprint density at radius 2 is 1.47 bits per heavy atom. The van der Waals surface area contributed by atoms with Crippen LogP contribution in [-0.2, 0) is 0 Å². The Labute approximate surface area is 95.9 Å². The molecule has 0 spiro atoms. The quantitative estimate of drug-likeness (QED) is 0.566. The van der Waals surface area contributed by atoms with Crippen LogP contribution in [-0.4, -0.2) is 24.3 Å². The zero-order valence-corrected chi connectivity index (χ0v) is 11.5. The largest absolute Gasteiger partial charge is 0.193 e. The monoisotopic (exact) mass is 227 g/mol. The van der Waals surface area contributed by atoms with Crippen LogP contribution in [0.4, 0.5) is 0 Å². The molecule has 0 N–H and O–H groups in total. The van der Waals surface area contributed by atoms with Gasteiger partial charge in [-0.15, -0.1) is 0 Å². The number of hydrogen-bond acceptors (Lipinski definition) is 1. The molecule has 15 heavy (non-hydrogen) atoms. The number of nitrogens with zero attached hydrogens (tertiary/aromatic N) is 1. The lowest BCUT2D eigenvalue weighted by Crippen LogP contribution is -2.03. The van der Waals surface area contributed by atoms with Crippen LogP contribution < -0.4 is 0 Å². The van der Waals surface area contributed by atoms with Crippen molar-refractivity contribution in [2.24, 2.45) is 0 Å². The lowest BCUT2D eigenvalue weighted by atomic mass is 10.4. The summed E-state index contributed by atoms with van der Waals surface area (Å²) in [5.41, 5.74) is 0. The summed E-state index contributed by atoms with van der Waals surface area (Å²) < 4.78 is 0. The second-order valence-electron chi connectivity index (χ2n) is 4.35. The lowest BCUT2D eigenvalue weighted by Gasteiger charge is -2.24. The fourth-order valence-corrected chi connectivity index (χ4v) is 6.13. The third-order valence-electron chi connectivity index (χ3n) is 2.91. The van der Waals surface area contributed by atoms with Gasteiger partial charge in [0.05, 0.1) is 6.07 Å². The molecule has 0 aromatic carbocycles. The summed E-state index contributed by atoms with van der Waals surface area (Å²) in [6.45, 7) is 5.72. The highest BCUT2D eigenvalue weighted by Crippen LogP contribution is 2.48. The highest BCUT2D eigenvalue weighted by Gasteiger charge is 2.14. The van der Waals surface area contributed by atoms with Crippen molar-refractivity contribution < 1.29 is 0 Å². The molecule has 0 aliphatic carbocycles. The first-order valence-corrected chi connectivity index (χ1v) is 8.75. The third kappa shape index (κ3) is 6.06. The predicted molar refractivity (Wildman–Crippen MR) is 73.3 cm³/mol. The van der Waals surface area contributed by atoms with Crippen molar-refractivity contribution in [1.82, 2.24) is 0 Å². The van der Waals surface area contributed by atoms with E-state index in [1.807, 2.05) is 5.80 Å². The Balaban J connectivity index is 4.59. The molecule has 0 atom stereocenters. The average molecular weight is 227 g/mol. The summed E-state index contributed by atoms with van der Waals surface area (Å²) in [5.74, 6) is 2.03. The maximum absolute atomic E-state index is 8.95. The van der Waals surface area contributed by atoms with Gasteiger partial charge in [0.15, 0.2) is 0 Å². The van der Waals surface area contributed by atoms with Crippen LogP contribution in [0, 0.1) is 11.3 Å². The number of rotatable bonds is 8. The van der Waals surface area contributed by atoms with E-state index in [0.29, 0.717) is 0 Å². The standard InChI is InChI=1S/C13H26NP/c1-4-7-11-15(10-6-3,13-9-14)12-8-5-2/h13H,4-8,10-12H2,1-3H3. The molecule has 0 bridgehead atoms. The van der Waals surface area contributed by atoms with Crippen molar-refractivity contribution in [2.75, 3.05) is 18.5 Å². The Bertz CT molecular complexity index is 225. The molecule has 0 fully saturated rings. The maximum Gasteiger partial charge on any atom is 0.0913 e. The van der Waals surface area contributed by atoms with Gasteiger partial charge in [-0.25, -0.2) is 0 Å². The number of unbranched alkanes of at least 4 members (excludes halogenated alkanes) is 2. The molecule has 0 aromatic rings. The van der Waals surface area contributed by atoms with Crippen molar-refractivity contribution in [2.45, 2.75) is 52.9 Å². The summed E-state index contributed by atoms with van der Waals surface area (Å²) in [5, 5.41) is 8.95. The molecule has 2 heteroatoms. The summed E-state index contributed by atoms with van der Waals surface area (Å²) in [4.78, 5) is 0. The topological polar surface area (TPSA) is 23.8 Å². The minimum atomic E-state index is -1.02. The SMILES string of the molecule is CCCCP(=CC#N)(CCC)CCCC. The summed E-state index contributed by atoms with van der Waals surface area (Å²) in [6, 6.07) is 2.34.